The number of ketones is 1. The Hall–Kier alpha value is -0.900. The van der Waals surface area contributed by atoms with Crippen molar-refractivity contribution in [2.24, 2.45) is 5.92 Å². The molecular formula is C9H13NO2S. The van der Waals surface area contributed by atoms with Crippen LogP contribution in [0, 0.1) is 5.92 Å². The number of nitrogens with zero attached hydrogens (tertiary/aromatic N) is 1. The molecule has 1 aromatic heterocycles. The molecule has 0 aromatic carbocycles. The van der Waals surface area contributed by atoms with Gasteiger partial charge in [0.1, 0.15) is 0 Å². The lowest BCUT2D eigenvalue weighted by atomic mass is 10.0. The molecule has 72 valence electrons. The van der Waals surface area contributed by atoms with Crippen molar-refractivity contribution in [3.8, 4) is 5.88 Å². The number of aromatic nitrogens is 1. The summed E-state index contributed by atoms with van der Waals surface area (Å²) in [7, 11) is 1.53. The van der Waals surface area contributed by atoms with Crippen LogP contribution in [0.4, 0.5) is 0 Å². The summed E-state index contributed by atoms with van der Waals surface area (Å²) in [6.45, 7) is 4.04. The highest BCUT2D eigenvalue weighted by Crippen LogP contribution is 2.21. The van der Waals surface area contributed by atoms with Crippen molar-refractivity contribution >= 4 is 17.3 Å². The number of carbonyl (C=O) groups is 1. The maximum atomic E-state index is 11.6. The van der Waals surface area contributed by atoms with Gasteiger partial charge in [0, 0.05) is 11.8 Å². The van der Waals surface area contributed by atoms with E-state index in [0.29, 0.717) is 23.8 Å². The first-order valence-electron chi connectivity index (χ1n) is 4.16. The van der Waals surface area contributed by atoms with Crippen LogP contribution in [-0.4, -0.2) is 17.3 Å². The number of carbonyl (C=O) groups excluding carboxylic acids is 1. The van der Waals surface area contributed by atoms with E-state index in [0.717, 1.165) is 0 Å². The standard InChI is InChI=1S/C9H13NO2S/c1-6(2)4-8(11)7-5-13-10-9(7)12-3/h5-6H,4H2,1-3H3. The molecule has 0 atom stereocenters. The summed E-state index contributed by atoms with van der Waals surface area (Å²) in [4.78, 5) is 11.6. The van der Waals surface area contributed by atoms with E-state index < -0.39 is 0 Å². The molecule has 13 heavy (non-hydrogen) atoms. The molecule has 0 aliphatic heterocycles. The summed E-state index contributed by atoms with van der Waals surface area (Å²) in [5.74, 6) is 0.938. The minimum atomic E-state index is 0.112. The van der Waals surface area contributed by atoms with Crippen LogP contribution >= 0.6 is 11.5 Å². The highest BCUT2D eigenvalue weighted by molar-refractivity contribution is 7.04. The summed E-state index contributed by atoms with van der Waals surface area (Å²) in [6, 6.07) is 0. The maximum absolute atomic E-state index is 11.6. The van der Waals surface area contributed by atoms with E-state index in [1.807, 2.05) is 13.8 Å². The Kier molecular flexibility index (Phi) is 3.42. The van der Waals surface area contributed by atoms with Gasteiger partial charge >= 0.3 is 0 Å². The molecule has 4 heteroatoms. The molecule has 0 spiro atoms. The second-order valence-electron chi connectivity index (χ2n) is 3.26. The van der Waals surface area contributed by atoms with Crippen molar-refractivity contribution in [2.45, 2.75) is 20.3 Å². The van der Waals surface area contributed by atoms with E-state index in [1.165, 1.54) is 18.6 Å². The summed E-state index contributed by atoms with van der Waals surface area (Å²) in [5.41, 5.74) is 0.612. The first-order valence-corrected chi connectivity index (χ1v) is 5.00. The molecule has 0 radical (unpaired) electrons. The summed E-state index contributed by atoms with van der Waals surface area (Å²) < 4.78 is 8.93. The van der Waals surface area contributed by atoms with Crippen LogP contribution in [-0.2, 0) is 0 Å². The van der Waals surface area contributed by atoms with E-state index in [1.54, 1.807) is 5.38 Å². The first kappa shape index (κ1) is 10.2. The molecule has 0 saturated heterocycles. The molecule has 3 nitrogen and oxygen atoms in total. The zero-order valence-corrected chi connectivity index (χ0v) is 8.85. The average molecular weight is 199 g/mol. The van der Waals surface area contributed by atoms with Crippen LogP contribution < -0.4 is 4.74 Å². The van der Waals surface area contributed by atoms with Gasteiger partial charge in [-0.05, 0) is 17.5 Å². The van der Waals surface area contributed by atoms with E-state index >= 15 is 0 Å². The third-order valence-corrected chi connectivity index (χ3v) is 2.24. The Labute approximate surface area is 81.9 Å². The molecule has 0 unspecified atom stereocenters. The monoisotopic (exact) mass is 199 g/mol. The summed E-state index contributed by atoms with van der Waals surface area (Å²) >= 11 is 1.25. The van der Waals surface area contributed by atoms with Crippen molar-refractivity contribution in [1.82, 2.24) is 4.37 Å². The molecule has 0 N–H and O–H groups in total. The highest BCUT2D eigenvalue weighted by atomic mass is 32.1. The Morgan fingerprint density at radius 1 is 1.69 bits per heavy atom. The molecule has 0 fully saturated rings. The van der Waals surface area contributed by atoms with Crippen LogP contribution in [0.25, 0.3) is 0 Å². The van der Waals surface area contributed by atoms with Crippen LogP contribution in [0.15, 0.2) is 5.38 Å². The molecular weight excluding hydrogens is 186 g/mol. The van der Waals surface area contributed by atoms with Gasteiger partial charge < -0.3 is 4.74 Å². The molecule has 0 amide bonds. The Balaban J connectivity index is 2.76. The molecule has 0 aliphatic rings. The Morgan fingerprint density at radius 3 is 2.92 bits per heavy atom. The van der Waals surface area contributed by atoms with Gasteiger partial charge in [-0.15, -0.1) is 0 Å². The van der Waals surface area contributed by atoms with Crippen LogP contribution in [0.5, 0.6) is 5.88 Å². The third-order valence-electron chi connectivity index (χ3n) is 1.62. The lowest BCUT2D eigenvalue weighted by Crippen LogP contribution is -2.04. The number of rotatable bonds is 4. The number of ether oxygens (including phenoxy) is 1. The van der Waals surface area contributed by atoms with E-state index in [2.05, 4.69) is 4.37 Å². The SMILES string of the molecule is COc1nscc1C(=O)CC(C)C. The van der Waals surface area contributed by atoms with Crippen molar-refractivity contribution in [3.63, 3.8) is 0 Å². The largest absolute Gasteiger partial charge is 0.480 e. The zero-order chi connectivity index (χ0) is 9.84. The van der Waals surface area contributed by atoms with Gasteiger partial charge in [0.15, 0.2) is 5.78 Å². The molecule has 0 bridgehead atoms. The molecule has 1 rings (SSSR count). The molecule has 0 saturated carbocycles. The molecule has 1 aromatic rings. The Morgan fingerprint density at radius 2 is 2.38 bits per heavy atom. The minimum absolute atomic E-state index is 0.112. The highest BCUT2D eigenvalue weighted by Gasteiger charge is 2.15. The lowest BCUT2D eigenvalue weighted by molar-refractivity contribution is 0.0965. The van der Waals surface area contributed by atoms with E-state index in [-0.39, 0.29) is 5.78 Å². The first-order chi connectivity index (χ1) is 6.15. The van der Waals surface area contributed by atoms with Gasteiger partial charge in [-0.2, -0.15) is 4.37 Å². The normalized spacial score (nSPS) is 10.5. The number of Topliss-reactive ketones (excluding diaryl/α,β-unsaturated/α-hetero) is 1. The van der Waals surface area contributed by atoms with Crippen molar-refractivity contribution < 1.29 is 9.53 Å². The number of methoxy groups -OCH3 is 1. The van der Waals surface area contributed by atoms with Gasteiger partial charge in [0.2, 0.25) is 5.88 Å². The number of hydrogen-bond donors (Lipinski definition) is 0. The van der Waals surface area contributed by atoms with E-state index in [4.69, 9.17) is 4.74 Å². The van der Waals surface area contributed by atoms with Gasteiger partial charge in [-0.25, -0.2) is 0 Å². The van der Waals surface area contributed by atoms with Crippen molar-refractivity contribution in [2.75, 3.05) is 7.11 Å². The molecule has 0 aliphatic carbocycles. The lowest BCUT2D eigenvalue weighted by Gasteiger charge is -2.02. The summed E-state index contributed by atoms with van der Waals surface area (Å²) in [5, 5.41) is 1.74. The topological polar surface area (TPSA) is 39.2 Å². The fourth-order valence-electron chi connectivity index (χ4n) is 1.04. The van der Waals surface area contributed by atoms with Crippen LogP contribution in [0.2, 0.25) is 0 Å². The fraction of sp³-hybridized carbons (Fsp3) is 0.556. The van der Waals surface area contributed by atoms with Crippen molar-refractivity contribution in [1.29, 1.82) is 0 Å². The smallest absolute Gasteiger partial charge is 0.235 e. The average Bonchev–Trinajstić information content (AvgIpc) is 2.49. The van der Waals surface area contributed by atoms with Crippen LogP contribution in [0.1, 0.15) is 30.6 Å². The third kappa shape index (κ3) is 2.52. The van der Waals surface area contributed by atoms with E-state index in [9.17, 15) is 4.79 Å². The summed E-state index contributed by atoms with van der Waals surface area (Å²) in [6.07, 6.45) is 0.550. The maximum Gasteiger partial charge on any atom is 0.235 e. The minimum Gasteiger partial charge on any atom is -0.480 e. The second kappa shape index (κ2) is 4.37. The zero-order valence-electron chi connectivity index (χ0n) is 8.03. The predicted octanol–water partition coefficient (Wildman–Crippen LogP) is 2.38. The van der Waals surface area contributed by atoms with Crippen molar-refractivity contribution in [3.05, 3.63) is 10.9 Å². The number of hydrogen-bond acceptors (Lipinski definition) is 4. The van der Waals surface area contributed by atoms with Gasteiger partial charge in [0.25, 0.3) is 0 Å². The Bertz CT molecular complexity index is 294. The van der Waals surface area contributed by atoms with Gasteiger partial charge in [-0.1, -0.05) is 13.8 Å². The molecule has 1 heterocycles. The van der Waals surface area contributed by atoms with Gasteiger partial charge in [0.05, 0.1) is 12.7 Å². The second-order valence-corrected chi connectivity index (χ2v) is 3.89. The van der Waals surface area contributed by atoms with Crippen LogP contribution in [0.3, 0.4) is 0 Å². The predicted molar refractivity (Wildman–Crippen MR) is 52.5 cm³/mol. The van der Waals surface area contributed by atoms with Gasteiger partial charge in [-0.3, -0.25) is 4.79 Å². The quantitative estimate of drug-likeness (QED) is 0.699. The fourth-order valence-corrected chi connectivity index (χ4v) is 1.70.